The number of unbranched alkanes of at least 4 members (excludes halogenated alkanes) is 3. The Labute approximate surface area is 104 Å². The van der Waals surface area contributed by atoms with E-state index in [1.165, 1.54) is 51.4 Å². The van der Waals surface area contributed by atoms with Gasteiger partial charge in [0.1, 0.15) is 7.85 Å². The fraction of sp³-hybridized carbons (Fsp3) is 1.00. The monoisotopic (exact) mass is 222 g/mol. The van der Waals surface area contributed by atoms with Crippen molar-refractivity contribution >= 4 is 7.85 Å². The summed E-state index contributed by atoms with van der Waals surface area (Å²) >= 11 is 0. The van der Waals surface area contributed by atoms with Crippen LogP contribution < -0.4 is 0 Å². The second-order valence-corrected chi connectivity index (χ2v) is 6.56. The summed E-state index contributed by atoms with van der Waals surface area (Å²) in [5, 5.41) is 0. The molecule has 0 saturated heterocycles. The Hall–Kier alpha value is 0.0649. The lowest BCUT2D eigenvalue weighted by Crippen LogP contribution is -2.08. The molecule has 0 aromatic rings. The van der Waals surface area contributed by atoms with Crippen LogP contribution in [0.15, 0.2) is 0 Å². The maximum Gasteiger partial charge on any atom is 0.105 e. The molecule has 1 saturated carbocycles. The summed E-state index contributed by atoms with van der Waals surface area (Å²) in [6.45, 7) is 7.25. The van der Waals surface area contributed by atoms with Gasteiger partial charge in [-0.2, -0.15) is 0 Å². The van der Waals surface area contributed by atoms with Crippen molar-refractivity contribution < 1.29 is 0 Å². The Morgan fingerprint density at radius 2 is 1.75 bits per heavy atom. The van der Waals surface area contributed by atoms with Gasteiger partial charge in [0.2, 0.25) is 0 Å². The maximum atomic E-state index is 2.47. The van der Waals surface area contributed by atoms with Crippen LogP contribution in [0.2, 0.25) is 5.82 Å². The van der Waals surface area contributed by atoms with Gasteiger partial charge >= 0.3 is 0 Å². The van der Waals surface area contributed by atoms with Crippen molar-refractivity contribution in [3.63, 3.8) is 0 Å². The van der Waals surface area contributed by atoms with Crippen molar-refractivity contribution in [3.8, 4) is 0 Å². The van der Waals surface area contributed by atoms with Gasteiger partial charge < -0.3 is 0 Å². The van der Waals surface area contributed by atoms with E-state index < -0.39 is 0 Å². The van der Waals surface area contributed by atoms with Crippen LogP contribution in [0.25, 0.3) is 0 Å². The Morgan fingerprint density at radius 1 is 1.06 bits per heavy atom. The highest BCUT2D eigenvalue weighted by molar-refractivity contribution is 6.11. The van der Waals surface area contributed by atoms with Gasteiger partial charge in [-0.25, -0.2) is 0 Å². The van der Waals surface area contributed by atoms with Crippen molar-refractivity contribution in [1.82, 2.24) is 0 Å². The lowest BCUT2D eigenvalue weighted by Gasteiger charge is -2.17. The van der Waals surface area contributed by atoms with Gasteiger partial charge in [-0.05, 0) is 24.2 Å². The molecular weight excluding hydrogens is 191 g/mol. The molecule has 0 amide bonds. The lowest BCUT2D eigenvalue weighted by atomic mass is 9.84. The molecular formula is C15H31B. The fourth-order valence-electron chi connectivity index (χ4n) is 3.19. The van der Waals surface area contributed by atoms with E-state index in [1.807, 2.05) is 0 Å². The highest BCUT2D eigenvalue weighted by Gasteiger charge is 2.28. The summed E-state index contributed by atoms with van der Waals surface area (Å²) in [4.78, 5) is 0. The first kappa shape index (κ1) is 14.1. The molecule has 0 aromatic carbocycles. The standard InChI is InChI=1S/C15H31B/c1-12-10-11-15(14(12)3)9-7-5-4-6-8-13(2)16/h12-15H,4-11,16H2,1-3H3/t12-,13?,14?,15+/m1/s1. The number of hydrogen-bond donors (Lipinski definition) is 0. The zero-order chi connectivity index (χ0) is 12.0. The summed E-state index contributed by atoms with van der Waals surface area (Å²) in [5.74, 6) is 3.94. The highest BCUT2D eigenvalue weighted by atomic mass is 14.3. The van der Waals surface area contributed by atoms with E-state index in [0.717, 1.165) is 23.6 Å². The van der Waals surface area contributed by atoms with Crippen molar-refractivity contribution in [1.29, 1.82) is 0 Å². The van der Waals surface area contributed by atoms with E-state index >= 15 is 0 Å². The summed E-state index contributed by atoms with van der Waals surface area (Å²) in [5.41, 5.74) is 0. The van der Waals surface area contributed by atoms with Crippen molar-refractivity contribution in [3.05, 3.63) is 0 Å². The third-order valence-corrected chi connectivity index (χ3v) is 4.74. The summed E-state index contributed by atoms with van der Waals surface area (Å²) in [6.07, 6.45) is 11.8. The second-order valence-electron chi connectivity index (χ2n) is 6.56. The molecule has 0 N–H and O–H groups in total. The maximum absolute atomic E-state index is 2.47. The Morgan fingerprint density at radius 3 is 2.31 bits per heavy atom. The van der Waals surface area contributed by atoms with Crippen LogP contribution in [0.4, 0.5) is 0 Å². The smallest absolute Gasteiger partial charge is 0.0725 e. The van der Waals surface area contributed by atoms with Gasteiger partial charge in [-0.3, -0.25) is 0 Å². The first-order valence-corrected chi connectivity index (χ1v) is 7.61. The topological polar surface area (TPSA) is 0 Å². The van der Waals surface area contributed by atoms with Gasteiger partial charge in [0.25, 0.3) is 0 Å². The van der Waals surface area contributed by atoms with Crippen molar-refractivity contribution in [2.45, 2.75) is 78.0 Å². The molecule has 4 atom stereocenters. The first-order chi connectivity index (χ1) is 7.61. The van der Waals surface area contributed by atoms with E-state index in [0.29, 0.717) is 0 Å². The Balaban J connectivity index is 1.95. The van der Waals surface area contributed by atoms with E-state index in [9.17, 15) is 0 Å². The highest BCUT2D eigenvalue weighted by Crippen LogP contribution is 2.39. The molecule has 0 nitrogen and oxygen atoms in total. The SMILES string of the molecule is BC(C)CCCCCC[C@H]1CC[C@@H](C)C1C. The predicted octanol–water partition coefficient (Wildman–Crippen LogP) is 4.45. The molecule has 0 spiro atoms. The number of hydrogen-bond acceptors (Lipinski definition) is 0. The Bertz CT molecular complexity index is 176. The van der Waals surface area contributed by atoms with Crippen LogP contribution >= 0.6 is 0 Å². The van der Waals surface area contributed by atoms with Crippen molar-refractivity contribution in [2.75, 3.05) is 0 Å². The third-order valence-electron chi connectivity index (χ3n) is 4.74. The van der Waals surface area contributed by atoms with Crippen LogP contribution in [0.3, 0.4) is 0 Å². The van der Waals surface area contributed by atoms with Crippen LogP contribution in [0.5, 0.6) is 0 Å². The van der Waals surface area contributed by atoms with Crippen LogP contribution in [-0.2, 0) is 0 Å². The molecule has 1 rings (SSSR count). The van der Waals surface area contributed by atoms with Gasteiger partial charge in [0.05, 0.1) is 0 Å². The molecule has 0 aliphatic heterocycles. The van der Waals surface area contributed by atoms with Crippen LogP contribution in [0, 0.1) is 17.8 Å². The lowest BCUT2D eigenvalue weighted by molar-refractivity contribution is 0.329. The summed E-state index contributed by atoms with van der Waals surface area (Å²) in [6, 6.07) is 0. The first-order valence-electron chi connectivity index (χ1n) is 7.61. The minimum atomic E-state index is 0.899. The van der Waals surface area contributed by atoms with E-state index in [2.05, 4.69) is 28.6 Å². The molecule has 1 aliphatic carbocycles. The normalized spacial score (nSPS) is 31.8. The average Bonchev–Trinajstić information content (AvgIpc) is 2.54. The van der Waals surface area contributed by atoms with Gasteiger partial charge in [-0.15, -0.1) is 0 Å². The largest absolute Gasteiger partial charge is 0.105 e. The molecule has 2 unspecified atom stereocenters. The molecule has 1 heteroatoms. The minimum absolute atomic E-state index is 0.899. The van der Waals surface area contributed by atoms with Crippen LogP contribution in [-0.4, -0.2) is 7.85 Å². The van der Waals surface area contributed by atoms with Gasteiger partial charge in [0.15, 0.2) is 0 Å². The molecule has 0 aromatic heterocycles. The van der Waals surface area contributed by atoms with Gasteiger partial charge in [-0.1, -0.05) is 71.5 Å². The van der Waals surface area contributed by atoms with Crippen LogP contribution in [0.1, 0.15) is 72.1 Å². The average molecular weight is 222 g/mol. The molecule has 1 fully saturated rings. The summed E-state index contributed by atoms with van der Waals surface area (Å²) < 4.78 is 0. The second kappa shape index (κ2) is 7.40. The molecule has 0 heterocycles. The minimum Gasteiger partial charge on any atom is -0.0725 e. The van der Waals surface area contributed by atoms with Gasteiger partial charge in [0, 0.05) is 0 Å². The van der Waals surface area contributed by atoms with E-state index in [-0.39, 0.29) is 0 Å². The van der Waals surface area contributed by atoms with Crippen molar-refractivity contribution in [2.24, 2.45) is 17.8 Å². The predicted molar refractivity (Wildman–Crippen MR) is 76.7 cm³/mol. The molecule has 0 bridgehead atoms. The molecule has 0 radical (unpaired) electrons. The van der Waals surface area contributed by atoms with E-state index in [4.69, 9.17) is 0 Å². The number of rotatable bonds is 7. The third kappa shape index (κ3) is 4.93. The quantitative estimate of drug-likeness (QED) is 0.441. The zero-order valence-electron chi connectivity index (χ0n) is 12.0. The Kier molecular flexibility index (Phi) is 6.54. The van der Waals surface area contributed by atoms with E-state index in [1.54, 1.807) is 0 Å². The molecule has 1 aliphatic rings. The zero-order valence-corrected chi connectivity index (χ0v) is 12.0. The fourth-order valence-corrected chi connectivity index (χ4v) is 3.19. The molecule has 16 heavy (non-hydrogen) atoms. The molecule has 94 valence electrons. The summed E-state index contributed by atoms with van der Waals surface area (Å²) in [7, 11) is 2.33.